The van der Waals surface area contributed by atoms with E-state index < -0.39 is 5.41 Å². The van der Waals surface area contributed by atoms with E-state index in [1.54, 1.807) is 0 Å². The zero-order chi connectivity index (χ0) is 33.9. The fourth-order valence-electron chi connectivity index (χ4n) is 9.90. The number of ether oxygens (including phenoxy) is 1. The number of aryl methyl sites for hydroxylation is 1. The minimum atomic E-state index is -0.546. The predicted octanol–water partition coefficient (Wildman–Crippen LogP) is 12.6. The molecule has 1 aliphatic heterocycles. The Bertz CT molecular complexity index is 2710. The van der Waals surface area contributed by atoms with Crippen LogP contribution in [0.3, 0.4) is 0 Å². The summed E-state index contributed by atoms with van der Waals surface area (Å²) in [5.41, 5.74) is 17.1. The lowest BCUT2D eigenvalue weighted by molar-refractivity contribution is 0.441. The van der Waals surface area contributed by atoms with Crippen molar-refractivity contribution in [1.29, 1.82) is 0 Å². The van der Waals surface area contributed by atoms with Crippen LogP contribution in [0.2, 0.25) is 0 Å². The lowest BCUT2D eigenvalue weighted by atomic mass is 9.65. The number of hydrogen-bond acceptors (Lipinski definition) is 1. The fourth-order valence-corrected chi connectivity index (χ4v) is 9.90. The highest BCUT2D eigenvalue weighted by molar-refractivity contribution is 6.07. The second-order valence-corrected chi connectivity index (χ2v) is 14.6. The molecule has 1 heterocycles. The molecular formula is C50H34O. The van der Waals surface area contributed by atoms with Crippen molar-refractivity contribution < 1.29 is 4.74 Å². The molecule has 1 spiro atoms. The molecule has 1 unspecified atom stereocenters. The van der Waals surface area contributed by atoms with Gasteiger partial charge in [0, 0.05) is 21.9 Å². The average molecular weight is 651 g/mol. The second-order valence-electron chi connectivity index (χ2n) is 14.6. The summed E-state index contributed by atoms with van der Waals surface area (Å²) in [5.74, 6) is 1.87. The molecule has 1 heteroatoms. The summed E-state index contributed by atoms with van der Waals surface area (Å²) < 4.78 is 7.09. The summed E-state index contributed by atoms with van der Waals surface area (Å²) in [7, 11) is 0. The molecule has 2 aliphatic carbocycles. The summed E-state index contributed by atoms with van der Waals surface area (Å²) in [6, 6.07) is 63.0. The van der Waals surface area contributed by atoms with Crippen LogP contribution in [-0.2, 0) is 10.8 Å². The predicted molar refractivity (Wildman–Crippen MR) is 209 cm³/mol. The maximum absolute atomic E-state index is 7.09. The summed E-state index contributed by atoms with van der Waals surface area (Å²) in [6.07, 6.45) is 0. The third-order valence-corrected chi connectivity index (χ3v) is 12.1. The third kappa shape index (κ3) is 3.56. The Kier molecular flexibility index (Phi) is 5.72. The van der Waals surface area contributed by atoms with E-state index in [0.29, 0.717) is 0 Å². The standard InChI is InChI=1S/C50H34O/c1-31-27-28-46-44(29-31)50(41-24-12-8-18-34(41)35-19-9-13-25-42(35)50)45-30-39(33-17-6-7-20-37(33)48(45)51-46)36-22-14-26-43-47(36)38-21-10-11-23-40(38)49(43,2)32-15-4-3-5-16-32/h3-30H,1-2H3. The number of fused-ring (bicyclic) bond motifs is 14. The molecule has 0 fully saturated rings. The SMILES string of the molecule is Cc1ccc2c(c1)C1(c3ccccc3-c3ccccc31)c1cc(-c3cccc4c3-c3ccccc3C4(C)c3ccccc3)c3ccccc3c1O2. The van der Waals surface area contributed by atoms with Crippen LogP contribution in [0.4, 0.5) is 0 Å². The second kappa shape index (κ2) is 10.2. The Morgan fingerprint density at radius 1 is 0.412 bits per heavy atom. The van der Waals surface area contributed by atoms with Gasteiger partial charge in [-0.2, -0.15) is 0 Å². The van der Waals surface area contributed by atoms with Crippen LogP contribution in [0.5, 0.6) is 11.5 Å². The van der Waals surface area contributed by atoms with E-state index in [0.717, 1.165) is 16.9 Å². The van der Waals surface area contributed by atoms with Gasteiger partial charge in [0.2, 0.25) is 0 Å². The third-order valence-electron chi connectivity index (χ3n) is 12.1. The molecule has 0 bridgehead atoms. The zero-order valence-corrected chi connectivity index (χ0v) is 28.6. The van der Waals surface area contributed by atoms with Gasteiger partial charge in [-0.3, -0.25) is 0 Å². The summed E-state index contributed by atoms with van der Waals surface area (Å²) >= 11 is 0. The van der Waals surface area contributed by atoms with Gasteiger partial charge in [-0.15, -0.1) is 0 Å². The van der Waals surface area contributed by atoms with Crippen molar-refractivity contribution in [2.45, 2.75) is 24.7 Å². The molecule has 3 aliphatic rings. The minimum absolute atomic E-state index is 0.280. The van der Waals surface area contributed by atoms with Gasteiger partial charge < -0.3 is 4.74 Å². The molecule has 51 heavy (non-hydrogen) atoms. The van der Waals surface area contributed by atoms with Crippen LogP contribution in [-0.4, -0.2) is 0 Å². The van der Waals surface area contributed by atoms with Crippen molar-refractivity contribution >= 4 is 10.8 Å². The lowest BCUT2D eigenvalue weighted by Crippen LogP contribution is -2.32. The van der Waals surface area contributed by atoms with Gasteiger partial charge in [0.15, 0.2) is 0 Å². The first-order chi connectivity index (χ1) is 25.1. The molecule has 0 saturated heterocycles. The van der Waals surface area contributed by atoms with Crippen LogP contribution in [0, 0.1) is 6.92 Å². The van der Waals surface area contributed by atoms with Crippen molar-refractivity contribution in [3.05, 3.63) is 214 Å². The largest absolute Gasteiger partial charge is 0.456 e. The van der Waals surface area contributed by atoms with Crippen LogP contribution in [0.15, 0.2) is 170 Å². The van der Waals surface area contributed by atoms with Crippen molar-refractivity contribution in [2.24, 2.45) is 0 Å². The van der Waals surface area contributed by atoms with E-state index in [9.17, 15) is 0 Å². The van der Waals surface area contributed by atoms with Gasteiger partial charge >= 0.3 is 0 Å². The quantitative estimate of drug-likeness (QED) is 0.181. The fraction of sp³-hybridized carbons (Fsp3) is 0.0800. The monoisotopic (exact) mass is 650 g/mol. The lowest BCUT2D eigenvalue weighted by Gasteiger charge is -2.40. The maximum atomic E-state index is 7.09. The van der Waals surface area contributed by atoms with Gasteiger partial charge in [-0.1, -0.05) is 163 Å². The molecule has 0 amide bonds. The minimum Gasteiger partial charge on any atom is -0.456 e. The molecule has 0 N–H and O–H groups in total. The van der Waals surface area contributed by atoms with E-state index in [2.05, 4.69) is 184 Å². The van der Waals surface area contributed by atoms with E-state index in [-0.39, 0.29) is 5.41 Å². The molecule has 0 radical (unpaired) electrons. The highest BCUT2D eigenvalue weighted by Crippen LogP contribution is 2.64. The first kappa shape index (κ1) is 28.6. The Morgan fingerprint density at radius 3 is 1.75 bits per heavy atom. The summed E-state index contributed by atoms with van der Waals surface area (Å²) in [6.45, 7) is 4.59. The Hall–Kier alpha value is -6.18. The van der Waals surface area contributed by atoms with E-state index in [1.807, 2.05) is 0 Å². The average Bonchev–Trinajstić information content (AvgIpc) is 3.63. The highest BCUT2D eigenvalue weighted by atomic mass is 16.5. The number of hydrogen-bond donors (Lipinski definition) is 0. The zero-order valence-electron chi connectivity index (χ0n) is 28.6. The Balaban J connectivity index is 1.29. The first-order valence-electron chi connectivity index (χ1n) is 17.9. The van der Waals surface area contributed by atoms with Gasteiger partial charge in [-0.25, -0.2) is 0 Å². The molecule has 11 rings (SSSR count). The Labute approximate surface area is 298 Å². The van der Waals surface area contributed by atoms with Crippen molar-refractivity contribution in [3.63, 3.8) is 0 Å². The van der Waals surface area contributed by atoms with E-state index in [1.165, 1.54) is 83.3 Å². The normalized spacial score (nSPS) is 16.8. The highest BCUT2D eigenvalue weighted by Gasteiger charge is 2.52. The van der Waals surface area contributed by atoms with Crippen molar-refractivity contribution in [2.75, 3.05) is 0 Å². The Morgan fingerprint density at radius 2 is 1.00 bits per heavy atom. The van der Waals surface area contributed by atoms with Crippen LogP contribution >= 0.6 is 0 Å². The van der Waals surface area contributed by atoms with Gasteiger partial charge in [0.1, 0.15) is 11.5 Å². The van der Waals surface area contributed by atoms with E-state index in [4.69, 9.17) is 4.74 Å². The molecule has 8 aromatic rings. The van der Waals surface area contributed by atoms with Crippen LogP contribution < -0.4 is 4.74 Å². The van der Waals surface area contributed by atoms with Gasteiger partial charge in [0.25, 0.3) is 0 Å². The van der Waals surface area contributed by atoms with E-state index >= 15 is 0 Å². The molecule has 1 atom stereocenters. The first-order valence-corrected chi connectivity index (χ1v) is 17.9. The van der Waals surface area contributed by atoms with Crippen molar-refractivity contribution in [1.82, 2.24) is 0 Å². The molecular weight excluding hydrogens is 617 g/mol. The summed E-state index contributed by atoms with van der Waals surface area (Å²) in [5, 5.41) is 2.33. The van der Waals surface area contributed by atoms with Crippen molar-refractivity contribution in [3.8, 4) is 44.9 Å². The van der Waals surface area contributed by atoms with Gasteiger partial charge in [-0.05, 0) is 92.6 Å². The maximum Gasteiger partial charge on any atom is 0.140 e. The summed E-state index contributed by atoms with van der Waals surface area (Å²) in [4.78, 5) is 0. The molecule has 0 saturated carbocycles. The molecule has 1 nitrogen and oxygen atoms in total. The number of rotatable bonds is 2. The number of benzene rings is 8. The van der Waals surface area contributed by atoms with Crippen LogP contribution in [0.1, 0.15) is 51.4 Å². The topological polar surface area (TPSA) is 9.23 Å². The molecule has 8 aromatic carbocycles. The molecule has 0 aromatic heterocycles. The van der Waals surface area contributed by atoms with Gasteiger partial charge in [0.05, 0.1) is 5.41 Å². The smallest absolute Gasteiger partial charge is 0.140 e. The van der Waals surface area contributed by atoms with Crippen LogP contribution in [0.25, 0.3) is 44.2 Å². The molecule has 240 valence electrons.